The molecule has 2 aromatic heterocycles. The first-order valence-corrected chi connectivity index (χ1v) is 6.10. The molecular weight excluding hydrogens is 264 g/mol. The highest BCUT2D eigenvalue weighted by atomic mass is 35.5. The van der Waals surface area contributed by atoms with E-state index in [1.165, 1.54) is 0 Å². The molecule has 0 saturated carbocycles. The zero-order valence-electron chi connectivity index (χ0n) is 9.89. The summed E-state index contributed by atoms with van der Waals surface area (Å²) >= 11 is 5.73. The number of aromatic nitrogens is 3. The topological polar surface area (TPSA) is 73.8 Å². The van der Waals surface area contributed by atoms with E-state index in [9.17, 15) is 0 Å². The number of H-pyrrole nitrogens is 1. The molecule has 3 N–H and O–H groups in total. The Morgan fingerprint density at radius 1 is 1.26 bits per heavy atom. The molecular formula is C13H11ClN4O. The third-order valence-corrected chi connectivity index (χ3v) is 2.93. The van der Waals surface area contributed by atoms with Crippen molar-refractivity contribution in [1.29, 1.82) is 0 Å². The van der Waals surface area contributed by atoms with Crippen molar-refractivity contribution in [2.45, 2.75) is 6.61 Å². The van der Waals surface area contributed by atoms with Gasteiger partial charge in [-0.25, -0.2) is 9.97 Å². The van der Waals surface area contributed by atoms with Gasteiger partial charge in [-0.3, -0.25) is 0 Å². The first-order chi connectivity index (χ1) is 9.24. The van der Waals surface area contributed by atoms with Crippen LogP contribution in [-0.4, -0.2) is 20.1 Å². The maximum absolute atomic E-state index is 9.10. The fourth-order valence-electron chi connectivity index (χ4n) is 1.91. The average Bonchev–Trinajstić information content (AvgIpc) is 2.81. The molecule has 3 aromatic rings. The second-order valence-electron chi connectivity index (χ2n) is 4.09. The Balaban J connectivity index is 1.92. The third-order valence-electron chi connectivity index (χ3n) is 2.75. The van der Waals surface area contributed by atoms with E-state index < -0.39 is 0 Å². The van der Waals surface area contributed by atoms with Crippen LogP contribution in [0.15, 0.2) is 36.5 Å². The molecule has 0 atom stereocenters. The summed E-state index contributed by atoms with van der Waals surface area (Å²) in [6.45, 7) is -0.00103. The minimum atomic E-state index is -0.00103. The first kappa shape index (κ1) is 12.0. The van der Waals surface area contributed by atoms with Crippen LogP contribution in [0, 0.1) is 0 Å². The third kappa shape index (κ3) is 2.52. The van der Waals surface area contributed by atoms with Crippen molar-refractivity contribution in [3.05, 3.63) is 47.5 Å². The number of rotatable bonds is 3. The van der Waals surface area contributed by atoms with Crippen LogP contribution in [0.4, 0.5) is 11.5 Å². The van der Waals surface area contributed by atoms with E-state index in [1.807, 2.05) is 24.3 Å². The summed E-state index contributed by atoms with van der Waals surface area (Å²) < 4.78 is 0. The molecule has 0 spiro atoms. The fourth-order valence-corrected chi connectivity index (χ4v) is 2.06. The summed E-state index contributed by atoms with van der Waals surface area (Å²) in [4.78, 5) is 11.0. The molecule has 0 bridgehead atoms. The molecule has 3 rings (SSSR count). The highest BCUT2D eigenvalue weighted by Crippen LogP contribution is 2.22. The van der Waals surface area contributed by atoms with Gasteiger partial charge in [-0.1, -0.05) is 0 Å². The lowest BCUT2D eigenvalue weighted by Gasteiger charge is -2.05. The number of aliphatic hydroxyl groups is 1. The Bertz CT molecular complexity index is 725. The number of benzene rings is 1. The number of hydrogen-bond acceptors (Lipinski definition) is 4. The molecule has 0 aliphatic heterocycles. The molecule has 1 aromatic carbocycles. The highest BCUT2D eigenvalue weighted by molar-refractivity contribution is 6.28. The first-order valence-electron chi connectivity index (χ1n) is 5.73. The van der Waals surface area contributed by atoms with Gasteiger partial charge in [0.2, 0.25) is 5.28 Å². The van der Waals surface area contributed by atoms with Gasteiger partial charge >= 0.3 is 0 Å². The van der Waals surface area contributed by atoms with Crippen LogP contribution in [-0.2, 0) is 6.61 Å². The van der Waals surface area contributed by atoms with E-state index in [4.69, 9.17) is 16.7 Å². The molecule has 0 amide bonds. The standard InChI is InChI=1S/C13H11ClN4O/c14-13-15-4-3-12(18-13)17-9-1-2-11-8(5-9)6-10(7-19)16-11/h1-6,16,19H,7H2,(H,15,17,18). The number of nitrogens with one attached hydrogen (secondary N) is 2. The second kappa shape index (κ2) is 4.87. The van der Waals surface area contributed by atoms with Gasteiger partial charge in [0.15, 0.2) is 0 Å². The lowest BCUT2D eigenvalue weighted by atomic mass is 10.2. The van der Waals surface area contributed by atoms with Crippen LogP contribution in [0.1, 0.15) is 5.69 Å². The zero-order valence-corrected chi connectivity index (χ0v) is 10.6. The van der Waals surface area contributed by atoms with Crippen LogP contribution in [0.5, 0.6) is 0 Å². The van der Waals surface area contributed by atoms with Gasteiger partial charge in [-0.2, -0.15) is 0 Å². The lowest BCUT2D eigenvalue weighted by Crippen LogP contribution is -1.94. The maximum atomic E-state index is 9.10. The normalized spacial score (nSPS) is 10.8. The number of halogens is 1. The largest absolute Gasteiger partial charge is 0.390 e. The second-order valence-corrected chi connectivity index (χ2v) is 4.43. The highest BCUT2D eigenvalue weighted by Gasteiger charge is 2.02. The monoisotopic (exact) mass is 274 g/mol. The van der Waals surface area contributed by atoms with Crippen molar-refractivity contribution in [2.75, 3.05) is 5.32 Å². The fraction of sp³-hybridized carbons (Fsp3) is 0.0769. The zero-order chi connectivity index (χ0) is 13.2. The minimum Gasteiger partial charge on any atom is -0.390 e. The lowest BCUT2D eigenvalue weighted by molar-refractivity contribution is 0.278. The molecule has 0 aliphatic rings. The van der Waals surface area contributed by atoms with Crippen molar-refractivity contribution in [1.82, 2.24) is 15.0 Å². The van der Waals surface area contributed by atoms with Crippen molar-refractivity contribution in [3.8, 4) is 0 Å². The van der Waals surface area contributed by atoms with E-state index in [0.29, 0.717) is 5.82 Å². The van der Waals surface area contributed by atoms with Crippen LogP contribution in [0.3, 0.4) is 0 Å². The number of aromatic amines is 1. The van der Waals surface area contributed by atoms with Crippen molar-refractivity contribution >= 4 is 34.0 Å². The van der Waals surface area contributed by atoms with Crippen LogP contribution >= 0.6 is 11.6 Å². The molecule has 19 heavy (non-hydrogen) atoms. The van der Waals surface area contributed by atoms with Crippen LogP contribution in [0.2, 0.25) is 5.28 Å². The van der Waals surface area contributed by atoms with Crippen LogP contribution < -0.4 is 5.32 Å². The summed E-state index contributed by atoms with van der Waals surface area (Å²) in [6.07, 6.45) is 1.59. The molecule has 6 heteroatoms. The molecule has 0 aliphatic carbocycles. The van der Waals surface area contributed by atoms with E-state index in [-0.39, 0.29) is 11.9 Å². The van der Waals surface area contributed by atoms with Gasteiger partial charge in [-0.15, -0.1) is 0 Å². The Labute approximate surface area is 114 Å². The Hall–Kier alpha value is -2.11. The van der Waals surface area contributed by atoms with Crippen molar-refractivity contribution in [3.63, 3.8) is 0 Å². The number of hydrogen-bond donors (Lipinski definition) is 3. The summed E-state index contributed by atoms with van der Waals surface area (Å²) in [7, 11) is 0. The molecule has 96 valence electrons. The number of fused-ring (bicyclic) bond motifs is 1. The van der Waals surface area contributed by atoms with E-state index in [0.717, 1.165) is 22.3 Å². The predicted octanol–water partition coefficient (Wildman–Crippen LogP) is 2.85. The molecule has 0 radical (unpaired) electrons. The van der Waals surface area contributed by atoms with Crippen LogP contribution in [0.25, 0.3) is 10.9 Å². The Kier molecular flexibility index (Phi) is 3.06. The minimum absolute atomic E-state index is 0.00103. The van der Waals surface area contributed by atoms with E-state index in [2.05, 4.69) is 20.3 Å². The molecule has 2 heterocycles. The van der Waals surface area contributed by atoms with Gasteiger partial charge in [0.05, 0.1) is 6.61 Å². The quantitative estimate of drug-likeness (QED) is 0.642. The van der Waals surface area contributed by atoms with Crippen molar-refractivity contribution < 1.29 is 5.11 Å². The maximum Gasteiger partial charge on any atom is 0.224 e. The molecule has 0 saturated heterocycles. The van der Waals surface area contributed by atoms with Crippen molar-refractivity contribution in [2.24, 2.45) is 0 Å². The summed E-state index contributed by atoms with van der Waals surface area (Å²) in [5.74, 6) is 0.636. The summed E-state index contributed by atoms with van der Waals surface area (Å²) in [6, 6.07) is 9.50. The Morgan fingerprint density at radius 2 is 2.16 bits per heavy atom. The van der Waals surface area contributed by atoms with Gasteiger partial charge < -0.3 is 15.4 Å². The van der Waals surface area contributed by atoms with E-state index in [1.54, 1.807) is 12.3 Å². The molecule has 0 fully saturated rings. The number of nitrogens with zero attached hydrogens (tertiary/aromatic N) is 2. The van der Waals surface area contributed by atoms with E-state index >= 15 is 0 Å². The summed E-state index contributed by atoms with van der Waals surface area (Å²) in [5, 5.41) is 13.5. The predicted molar refractivity (Wildman–Crippen MR) is 74.5 cm³/mol. The summed E-state index contributed by atoms with van der Waals surface area (Å²) in [5.41, 5.74) is 2.67. The van der Waals surface area contributed by atoms with Gasteiger partial charge in [-0.05, 0) is 41.9 Å². The molecule has 0 unspecified atom stereocenters. The van der Waals surface area contributed by atoms with Gasteiger partial charge in [0.25, 0.3) is 0 Å². The SMILES string of the molecule is OCc1cc2cc(Nc3ccnc(Cl)n3)ccc2[nH]1. The van der Waals surface area contributed by atoms with Gasteiger partial charge in [0, 0.05) is 28.5 Å². The number of anilines is 2. The average molecular weight is 275 g/mol. The molecule has 5 nitrogen and oxygen atoms in total. The smallest absolute Gasteiger partial charge is 0.224 e. The van der Waals surface area contributed by atoms with Gasteiger partial charge in [0.1, 0.15) is 5.82 Å². The number of aliphatic hydroxyl groups excluding tert-OH is 1. The Morgan fingerprint density at radius 3 is 2.95 bits per heavy atom.